The Balaban J connectivity index is 4.08. The average Bonchev–Trinajstić information content (AvgIpc) is 1.98. The molecule has 4 heteroatoms. The summed E-state index contributed by atoms with van der Waals surface area (Å²) in [6, 6.07) is -0.215. The highest BCUT2D eigenvalue weighted by atomic mass is 32.1. The van der Waals surface area contributed by atoms with E-state index in [1.165, 1.54) is 0 Å². The molecule has 0 spiro atoms. The Bertz CT molecular complexity index is 149. The summed E-state index contributed by atoms with van der Waals surface area (Å²) < 4.78 is 0. The first kappa shape index (κ1) is 10.4. The molecule has 0 rings (SSSR count). The van der Waals surface area contributed by atoms with Crippen LogP contribution in [0.15, 0.2) is 0 Å². The van der Waals surface area contributed by atoms with Crippen LogP contribution < -0.4 is 11.1 Å². The third-order valence-electron chi connectivity index (χ3n) is 1.73. The molecule has 0 aliphatic heterocycles. The predicted octanol–water partition coefficient (Wildman–Crippen LogP) is 0.344. The number of thiocarbonyl (C=S) groups is 1. The van der Waals surface area contributed by atoms with Gasteiger partial charge in [-0.3, -0.25) is 4.79 Å². The van der Waals surface area contributed by atoms with Crippen molar-refractivity contribution in [3.8, 4) is 0 Å². The average molecular weight is 173 g/mol. The van der Waals surface area contributed by atoms with Gasteiger partial charge >= 0.3 is 6.41 Å². The van der Waals surface area contributed by atoms with Crippen LogP contribution in [0.3, 0.4) is 0 Å². The summed E-state index contributed by atoms with van der Waals surface area (Å²) in [5, 5.41) is 2.46. The maximum atomic E-state index is 9.99. The van der Waals surface area contributed by atoms with E-state index in [0.29, 0.717) is 4.99 Å². The van der Waals surface area contributed by atoms with Crippen molar-refractivity contribution in [1.82, 2.24) is 5.32 Å². The van der Waals surface area contributed by atoms with Crippen molar-refractivity contribution >= 4 is 23.6 Å². The van der Waals surface area contributed by atoms with Gasteiger partial charge in [-0.2, -0.15) is 0 Å². The SMILES string of the molecule is CCC(C)[C@H](N[C]=O)C(N)=S. The van der Waals surface area contributed by atoms with Crippen LogP contribution in [0.2, 0.25) is 0 Å². The lowest BCUT2D eigenvalue weighted by molar-refractivity contribution is 0.469. The zero-order valence-corrected chi connectivity index (χ0v) is 7.57. The van der Waals surface area contributed by atoms with Gasteiger partial charge < -0.3 is 11.1 Å². The maximum Gasteiger partial charge on any atom is 0.309 e. The summed E-state index contributed by atoms with van der Waals surface area (Å²) in [7, 11) is 0. The lowest BCUT2D eigenvalue weighted by Crippen LogP contribution is -2.43. The van der Waals surface area contributed by atoms with Gasteiger partial charge in [-0.05, 0) is 5.92 Å². The number of hydrogen-bond acceptors (Lipinski definition) is 2. The standard InChI is InChI=1S/C7H13N2OS/c1-3-5(2)6(7(8)11)9-4-10/h5-6H,3H2,1-2H3,(H2,8,11)(H,9,10)/t5?,6-/m0/s1. The van der Waals surface area contributed by atoms with Crippen molar-refractivity contribution < 1.29 is 4.79 Å². The van der Waals surface area contributed by atoms with E-state index in [4.69, 9.17) is 18.0 Å². The monoisotopic (exact) mass is 173 g/mol. The maximum absolute atomic E-state index is 9.99. The van der Waals surface area contributed by atoms with E-state index in [-0.39, 0.29) is 12.0 Å². The fourth-order valence-electron chi connectivity index (χ4n) is 0.793. The first-order valence-electron chi connectivity index (χ1n) is 3.55. The largest absolute Gasteiger partial charge is 0.392 e. The highest BCUT2D eigenvalue weighted by molar-refractivity contribution is 7.80. The lowest BCUT2D eigenvalue weighted by atomic mass is 10.00. The summed E-state index contributed by atoms with van der Waals surface area (Å²) >= 11 is 4.76. The summed E-state index contributed by atoms with van der Waals surface area (Å²) in [5.74, 6) is 0.272. The zero-order chi connectivity index (χ0) is 8.85. The first-order valence-corrected chi connectivity index (χ1v) is 3.96. The van der Waals surface area contributed by atoms with Crippen LogP contribution in [0, 0.1) is 5.92 Å². The van der Waals surface area contributed by atoms with Crippen molar-refractivity contribution in [3.05, 3.63) is 0 Å². The number of nitrogens with one attached hydrogen (secondary N) is 1. The van der Waals surface area contributed by atoms with Gasteiger partial charge in [-0.15, -0.1) is 0 Å². The predicted molar refractivity (Wildman–Crippen MR) is 48.9 cm³/mol. The van der Waals surface area contributed by atoms with Crippen molar-refractivity contribution in [1.29, 1.82) is 0 Å². The van der Waals surface area contributed by atoms with E-state index >= 15 is 0 Å². The Labute approximate surface area is 72.3 Å². The van der Waals surface area contributed by atoms with Gasteiger partial charge in [0.05, 0.1) is 11.0 Å². The molecule has 0 aliphatic carbocycles. The molecule has 1 radical (unpaired) electrons. The molecule has 0 bridgehead atoms. The van der Waals surface area contributed by atoms with E-state index in [9.17, 15) is 4.79 Å². The minimum Gasteiger partial charge on any atom is -0.392 e. The van der Waals surface area contributed by atoms with Gasteiger partial charge in [0.2, 0.25) is 0 Å². The van der Waals surface area contributed by atoms with Crippen molar-refractivity contribution in [2.45, 2.75) is 26.3 Å². The van der Waals surface area contributed by atoms with Crippen LogP contribution in [0.1, 0.15) is 20.3 Å². The van der Waals surface area contributed by atoms with Crippen molar-refractivity contribution in [2.75, 3.05) is 0 Å². The zero-order valence-electron chi connectivity index (χ0n) is 6.76. The Morgan fingerprint density at radius 3 is 2.64 bits per heavy atom. The quantitative estimate of drug-likeness (QED) is 0.466. The number of amides is 1. The van der Waals surface area contributed by atoms with Gasteiger partial charge in [0.25, 0.3) is 0 Å². The van der Waals surface area contributed by atoms with Gasteiger partial charge in [-0.25, -0.2) is 0 Å². The molecule has 11 heavy (non-hydrogen) atoms. The molecular weight excluding hydrogens is 160 g/mol. The Kier molecular flexibility index (Phi) is 4.77. The Hall–Kier alpha value is -0.640. The third-order valence-corrected chi connectivity index (χ3v) is 1.99. The number of carbonyl (C=O) groups excluding carboxylic acids is 1. The summed E-state index contributed by atoms with van der Waals surface area (Å²) in [6.45, 7) is 4.00. The Morgan fingerprint density at radius 1 is 1.82 bits per heavy atom. The van der Waals surface area contributed by atoms with E-state index in [1.807, 2.05) is 13.8 Å². The molecule has 0 saturated carbocycles. The summed E-state index contributed by atoms with van der Waals surface area (Å²) in [6.07, 6.45) is 2.52. The molecule has 2 atom stereocenters. The molecule has 3 nitrogen and oxygen atoms in total. The molecule has 0 fully saturated rings. The second kappa shape index (κ2) is 5.07. The molecule has 1 amide bonds. The molecule has 0 heterocycles. The lowest BCUT2D eigenvalue weighted by Gasteiger charge is -2.19. The fourth-order valence-corrected chi connectivity index (χ4v) is 1.08. The van der Waals surface area contributed by atoms with E-state index in [0.717, 1.165) is 6.42 Å². The molecule has 1 unspecified atom stereocenters. The first-order chi connectivity index (χ1) is 5.13. The normalized spacial score (nSPS) is 15.1. The second-order valence-corrected chi connectivity index (χ2v) is 2.98. The molecule has 0 aliphatic rings. The number of hydrogen-bond donors (Lipinski definition) is 2. The van der Waals surface area contributed by atoms with Crippen LogP contribution in [0.5, 0.6) is 0 Å². The van der Waals surface area contributed by atoms with Crippen LogP contribution in [0.4, 0.5) is 0 Å². The molecule has 0 aromatic carbocycles. The third kappa shape index (κ3) is 3.32. The van der Waals surface area contributed by atoms with E-state index in [2.05, 4.69) is 5.32 Å². The van der Waals surface area contributed by atoms with Crippen LogP contribution >= 0.6 is 12.2 Å². The second-order valence-electron chi connectivity index (χ2n) is 2.51. The van der Waals surface area contributed by atoms with Crippen LogP contribution in [-0.4, -0.2) is 17.4 Å². The smallest absolute Gasteiger partial charge is 0.309 e. The highest BCUT2D eigenvalue weighted by Crippen LogP contribution is 2.06. The van der Waals surface area contributed by atoms with Crippen molar-refractivity contribution in [3.63, 3.8) is 0 Å². The fraction of sp³-hybridized carbons (Fsp3) is 0.714. The molecule has 63 valence electrons. The van der Waals surface area contributed by atoms with Gasteiger partial charge in [0, 0.05) is 0 Å². The summed E-state index contributed by atoms with van der Waals surface area (Å²) in [4.78, 5) is 10.3. The van der Waals surface area contributed by atoms with E-state index in [1.54, 1.807) is 6.41 Å². The molecular formula is C7H13N2OS. The minimum absolute atomic E-state index is 0.215. The van der Waals surface area contributed by atoms with E-state index < -0.39 is 0 Å². The van der Waals surface area contributed by atoms with Gasteiger partial charge in [0.1, 0.15) is 0 Å². The molecule has 3 N–H and O–H groups in total. The minimum atomic E-state index is -0.215. The van der Waals surface area contributed by atoms with Gasteiger partial charge in [-0.1, -0.05) is 32.5 Å². The Morgan fingerprint density at radius 2 is 2.36 bits per heavy atom. The summed E-state index contributed by atoms with van der Waals surface area (Å²) in [5.41, 5.74) is 5.39. The van der Waals surface area contributed by atoms with Crippen LogP contribution in [-0.2, 0) is 4.79 Å². The number of nitrogens with two attached hydrogens (primary N) is 1. The van der Waals surface area contributed by atoms with Crippen molar-refractivity contribution in [2.24, 2.45) is 11.7 Å². The highest BCUT2D eigenvalue weighted by Gasteiger charge is 2.17. The molecule has 0 aromatic rings. The number of rotatable bonds is 5. The molecule has 0 saturated heterocycles. The molecule has 0 aromatic heterocycles. The van der Waals surface area contributed by atoms with Crippen LogP contribution in [0.25, 0.3) is 0 Å². The van der Waals surface area contributed by atoms with Gasteiger partial charge in [0.15, 0.2) is 0 Å². The topological polar surface area (TPSA) is 55.1 Å².